The van der Waals surface area contributed by atoms with E-state index in [-0.39, 0.29) is 6.29 Å². The number of phosphoric ester groups is 1. The van der Waals surface area contributed by atoms with Crippen LogP contribution in [0.2, 0.25) is 0 Å². The zero-order valence-electron chi connectivity index (χ0n) is 14.0. The van der Waals surface area contributed by atoms with E-state index >= 15 is 0 Å². The van der Waals surface area contributed by atoms with Crippen molar-refractivity contribution in [2.45, 2.75) is 54.9 Å². The summed E-state index contributed by atoms with van der Waals surface area (Å²) in [5, 5.41) is 85.4. The summed E-state index contributed by atoms with van der Waals surface area (Å²) < 4.78 is 14.3. The Hall–Kier alpha value is -0.910. The van der Waals surface area contributed by atoms with Crippen molar-refractivity contribution in [2.24, 2.45) is 0 Å². The summed E-state index contributed by atoms with van der Waals surface area (Å²) in [7, 11) is -5.04. The van der Waals surface area contributed by atoms with Crippen LogP contribution in [-0.4, -0.2) is 129 Å². The maximum Gasteiger partial charge on any atom is 0.469 e. The zero-order valence-corrected chi connectivity index (χ0v) is 14.9. The molecule has 28 heavy (non-hydrogen) atoms. The predicted octanol–water partition coefficient (Wildman–Crippen LogP) is -6.89. The fraction of sp³-hybridized carbons (Fsp3) is 0.833. The van der Waals surface area contributed by atoms with Crippen molar-refractivity contribution in [1.82, 2.24) is 0 Å². The van der Waals surface area contributed by atoms with Crippen molar-refractivity contribution >= 4 is 19.9 Å². The highest BCUT2D eigenvalue weighted by atomic mass is 31.2. The molecule has 0 saturated carbocycles. The summed E-state index contributed by atoms with van der Waals surface area (Å²) >= 11 is 0. The minimum absolute atomic E-state index is 0.217. The molecule has 15 nitrogen and oxygen atoms in total. The number of aliphatic hydroxyl groups excluding tert-OH is 9. The molecule has 0 radical (unpaired) electrons. The maximum absolute atomic E-state index is 11.8. The molecule has 0 aromatic heterocycles. The number of phosphoric acid groups is 1. The third-order valence-electron chi connectivity index (χ3n) is 3.58. The molecular formula is C12H23O15P. The first-order valence-corrected chi connectivity index (χ1v) is 9.00. The van der Waals surface area contributed by atoms with Gasteiger partial charge in [0.15, 0.2) is 12.1 Å². The standard InChI is InChI=1S/C12H23O15P/c13-1-3(14)5(16)7(18)9(20)11(22)12(23)10(21)8(19)6(17)4(15)2-27-28(24,25)26/h1,3-11,14-22H,2H2,(H2,24,25,26)/t3-,4+,5+,6+,7-,8-,9-,10+,11?/m0/s1. The first-order chi connectivity index (χ1) is 12.7. The summed E-state index contributed by atoms with van der Waals surface area (Å²) in [6, 6.07) is 0. The highest BCUT2D eigenvalue weighted by molar-refractivity contribution is 7.46. The molecule has 0 spiro atoms. The van der Waals surface area contributed by atoms with Crippen LogP contribution in [0.4, 0.5) is 0 Å². The second-order valence-corrected chi connectivity index (χ2v) is 6.96. The number of aliphatic hydroxyl groups is 9. The predicted molar refractivity (Wildman–Crippen MR) is 83.1 cm³/mol. The molecule has 0 aliphatic rings. The summed E-state index contributed by atoms with van der Waals surface area (Å²) in [6.07, 6.45) is -22.3. The topological polar surface area (TPSA) is 283 Å². The molecular weight excluding hydrogens is 415 g/mol. The van der Waals surface area contributed by atoms with Gasteiger partial charge in [0.2, 0.25) is 0 Å². The van der Waals surface area contributed by atoms with Crippen LogP contribution >= 0.6 is 7.82 Å². The maximum atomic E-state index is 11.8. The summed E-state index contributed by atoms with van der Waals surface area (Å²) in [4.78, 5) is 39.1. The van der Waals surface area contributed by atoms with Crippen molar-refractivity contribution in [2.75, 3.05) is 6.61 Å². The molecule has 0 aromatic carbocycles. The minimum Gasteiger partial charge on any atom is -0.388 e. The fourth-order valence-corrected chi connectivity index (χ4v) is 2.22. The van der Waals surface area contributed by atoms with Crippen LogP contribution < -0.4 is 0 Å². The number of carbonyl (C=O) groups excluding carboxylic acids is 2. The summed E-state index contributed by atoms with van der Waals surface area (Å²) in [5.74, 6) is -1.81. The molecule has 9 atom stereocenters. The van der Waals surface area contributed by atoms with Crippen molar-refractivity contribution < 1.29 is 74.4 Å². The van der Waals surface area contributed by atoms with E-state index in [1.54, 1.807) is 0 Å². The molecule has 166 valence electrons. The van der Waals surface area contributed by atoms with Crippen molar-refractivity contribution in [3.05, 3.63) is 0 Å². The smallest absolute Gasteiger partial charge is 0.388 e. The van der Waals surface area contributed by atoms with E-state index in [0.29, 0.717) is 0 Å². The zero-order chi connectivity index (χ0) is 22.4. The monoisotopic (exact) mass is 438 g/mol. The van der Waals surface area contributed by atoms with Crippen molar-refractivity contribution in [3.63, 3.8) is 0 Å². The molecule has 0 aliphatic heterocycles. The largest absolute Gasteiger partial charge is 0.469 e. The summed E-state index contributed by atoms with van der Waals surface area (Å²) in [6.45, 7) is -1.22. The third kappa shape index (κ3) is 7.84. The molecule has 11 N–H and O–H groups in total. The number of hydrogen-bond acceptors (Lipinski definition) is 13. The van der Waals surface area contributed by atoms with Gasteiger partial charge in [0.1, 0.15) is 54.9 Å². The van der Waals surface area contributed by atoms with Crippen LogP contribution in [0.15, 0.2) is 0 Å². The number of ketones is 1. The quantitative estimate of drug-likeness (QED) is 0.0940. The second kappa shape index (κ2) is 11.3. The molecule has 0 fully saturated rings. The van der Waals surface area contributed by atoms with Crippen molar-refractivity contribution in [1.29, 1.82) is 0 Å². The van der Waals surface area contributed by atoms with Gasteiger partial charge in [0.25, 0.3) is 0 Å². The Morgan fingerprint density at radius 2 is 1.21 bits per heavy atom. The van der Waals surface area contributed by atoms with E-state index in [4.69, 9.17) is 14.9 Å². The first kappa shape index (κ1) is 27.1. The Morgan fingerprint density at radius 3 is 1.61 bits per heavy atom. The lowest BCUT2D eigenvalue weighted by Gasteiger charge is -2.30. The lowest BCUT2D eigenvalue weighted by atomic mass is 9.92. The number of carbonyl (C=O) groups is 2. The van der Waals surface area contributed by atoms with Crippen molar-refractivity contribution in [3.8, 4) is 0 Å². The molecule has 0 amide bonds. The second-order valence-electron chi connectivity index (χ2n) is 5.73. The molecule has 0 bridgehead atoms. The number of aldehydes is 1. The molecule has 0 heterocycles. The van der Waals surface area contributed by atoms with Gasteiger partial charge in [0.05, 0.1) is 6.61 Å². The summed E-state index contributed by atoms with van der Waals surface area (Å²) in [5.41, 5.74) is 0. The normalized spacial score (nSPS) is 22.2. The third-order valence-corrected chi connectivity index (χ3v) is 4.06. The van der Waals surface area contributed by atoms with E-state index in [0.717, 1.165) is 0 Å². The van der Waals surface area contributed by atoms with Gasteiger partial charge in [-0.3, -0.25) is 9.32 Å². The Morgan fingerprint density at radius 1 is 0.786 bits per heavy atom. The molecule has 0 aromatic rings. The van der Waals surface area contributed by atoms with Gasteiger partial charge < -0.3 is 60.5 Å². The lowest BCUT2D eigenvalue weighted by molar-refractivity contribution is -0.170. The Kier molecular flexibility index (Phi) is 11.0. The van der Waals surface area contributed by atoms with E-state index in [2.05, 4.69) is 4.52 Å². The van der Waals surface area contributed by atoms with E-state index in [9.17, 15) is 55.0 Å². The van der Waals surface area contributed by atoms with Crippen LogP contribution in [0.5, 0.6) is 0 Å². The van der Waals surface area contributed by atoms with Crippen LogP contribution in [-0.2, 0) is 18.7 Å². The SMILES string of the molecule is O=C[C@H](O)[C@@H](O)[C@H](O)[C@H](O)C(O)C(=O)[C@H](O)[C@@H](O)[C@H](O)[C@H](O)COP(=O)(O)O. The average molecular weight is 438 g/mol. The minimum atomic E-state index is -5.04. The number of hydrogen-bond donors (Lipinski definition) is 11. The molecule has 1 unspecified atom stereocenters. The van der Waals surface area contributed by atoms with Crippen LogP contribution in [0.25, 0.3) is 0 Å². The number of Topliss-reactive ketones (excluding diaryl/α,β-unsaturated/α-hetero) is 1. The van der Waals surface area contributed by atoms with Gasteiger partial charge in [-0.2, -0.15) is 0 Å². The molecule has 0 aliphatic carbocycles. The van der Waals surface area contributed by atoms with Crippen LogP contribution in [0, 0.1) is 0 Å². The van der Waals surface area contributed by atoms with E-state index < -0.39 is 75.1 Å². The average Bonchev–Trinajstić information content (AvgIpc) is 2.65. The highest BCUT2D eigenvalue weighted by Crippen LogP contribution is 2.35. The van der Waals surface area contributed by atoms with Gasteiger partial charge in [-0.05, 0) is 0 Å². The Balaban J connectivity index is 5.01. The Bertz CT molecular complexity index is 551. The Labute approximate surface area is 156 Å². The number of rotatable bonds is 13. The highest BCUT2D eigenvalue weighted by Gasteiger charge is 2.43. The van der Waals surface area contributed by atoms with Gasteiger partial charge in [-0.25, -0.2) is 4.57 Å². The van der Waals surface area contributed by atoms with Gasteiger partial charge in [0, 0.05) is 0 Å². The van der Waals surface area contributed by atoms with Crippen LogP contribution in [0.3, 0.4) is 0 Å². The van der Waals surface area contributed by atoms with Gasteiger partial charge in [-0.1, -0.05) is 0 Å². The fourth-order valence-electron chi connectivity index (χ4n) is 1.87. The molecule has 0 saturated heterocycles. The van der Waals surface area contributed by atoms with Gasteiger partial charge in [-0.15, -0.1) is 0 Å². The van der Waals surface area contributed by atoms with Gasteiger partial charge >= 0.3 is 7.82 Å². The lowest BCUT2D eigenvalue weighted by Crippen LogP contribution is -2.56. The van der Waals surface area contributed by atoms with E-state index in [1.807, 2.05) is 0 Å². The molecule has 16 heteroatoms. The molecule has 0 rings (SSSR count). The van der Waals surface area contributed by atoms with E-state index in [1.165, 1.54) is 0 Å². The van der Waals surface area contributed by atoms with Crippen LogP contribution in [0.1, 0.15) is 0 Å². The first-order valence-electron chi connectivity index (χ1n) is 7.47.